The highest BCUT2D eigenvalue weighted by molar-refractivity contribution is 5.55. The summed E-state index contributed by atoms with van der Waals surface area (Å²) in [6.45, 7) is 2.79. The Balaban J connectivity index is 3.22. The van der Waals surface area contributed by atoms with Crippen molar-refractivity contribution in [3.8, 4) is 0 Å². The van der Waals surface area contributed by atoms with Gasteiger partial charge >= 0.3 is 6.18 Å². The highest BCUT2D eigenvalue weighted by Crippen LogP contribution is 2.36. The Kier molecular flexibility index (Phi) is 4.40. The van der Waals surface area contributed by atoms with Gasteiger partial charge < -0.3 is 10.2 Å². The van der Waals surface area contributed by atoms with E-state index in [1.807, 2.05) is 6.92 Å². The quantitative estimate of drug-likeness (QED) is 0.878. The van der Waals surface area contributed by atoms with Gasteiger partial charge in [-0.05, 0) is 31.7 Å². The third-order valence-electron chi connectivity index (χ3n) is 2.63. The predicted octanol–water partition coefficient (Wildman–Crippen LogP) is 2.88. The van der Waals surface area contributed by atoms with E-state index in [1.54, 1.807) is 25.1 Å². The molecular weight excluding hydrogens is 229 g/mol. The van der Waals surface area contributed by atoms with Gasteiger partial charge in [0.05, 0.1) is 5.56 Å². The minimum atomic E-state index is -4.32. The van der Waals surface area contributed by atoms with E-state index in [1.165, 1.54) is 12.1 Å². The van der Waals surface area contributed by atoms with E-state index in [4.69, 9.17) is 0 Å². The average Bonchev–Trinajstić information content (AvgIpc) is 2.27. The van der Waals surface area contributed by atoms with Crippen LogP contribution in [0.15, 0.2) is 18.2 Å². The Hall–Kier alpha value is -1.23. The molecule has 1 rings (SSSR count). The molecule has 17 heavy (non-hydrogen) atoms. The molecule has 0 aliphatic carbocycles. The number of halogens is 3. The van der Waals surface area contributed by atoms with Crippen LogP contribution >= 0.6 is 0 Å². The van der Waals surface area contributed by atoms with Crippen molar-refractivity contribution in [1.29, 1.82) is 0 Å². The molecular formula is C12H17F3N2. The second kappa shape index (κ2) is 5.40. The van der Waals surface area contributed by atoms with Crippen LogP contribution in [-0.2, 0) is 12.7 Å². The van der Waals surface area contributed by atoms with Crippen LogP contribution in [0.25, 0.3) is 0 Å². The smallest absolute Gasteiger partial charge is 0.374 e. The number of rotatable bonds is 4. The molecule has 0 unspecified atom stereocenters. The topological polar surface area (TPSA) is 15.3 Å². The van der Waals surface area contributed by atoms with Crippen molar-refractivity contribution in [2.75, 3.05) is 25.5 Å². The average molecular weight is 246 g/mol. The molecule has 0 spiro atoms. The molecule has 0 aliphatic rings. The molecule has 0 radical (unpaired) electrons. The number of benzene rings is 1. The number of nitrogens with zero attached hydrogens (tertiary/aromatic N) is 1. The molecule has 1 aromatic carbocycles. The van der Waals surface area contributed by atoms with Gasteiger partial charge in [-0.15, -0.1) is 0 Å². The zero-order chi connectivity index (χ0) is 13.1. The lowest BCUT2D eigenvalue weighted by atomic mass is 10.1. The van der Waals surface area contributed by atoms with Crippen molar-refractivity contribution in [3.63, 3.8) is 0 Å². The summed E-state index contributed by atoms with van der Waals surface area (Å²) in [5.74, 6) is 0. The molecule has 2 nitrogen and oxygen atoms in total. The van der Waals surface area contributed by atoms with Gasteiger partial charge in [0, 0.05) is 25.8 Å². The van der Waals surface area contributed by atoms with Crippen LogP contribution in [0, 0.1) is 0 Å². The molecule has 0 fully saturated rings. The van der Waals surface area contributed by atoms with Crippen LogP contribution in [0.1, 0.15) is 18.1 Å². The van der Waals surface area contributed by atoms with E-state index in [2.05, 4.69) is 5.32 Å². The second-order valence-corrected chi connectivity index (χ2v) is 3.89. The Bertz CT molecular complexity index is 375. The minimum absolute atomic E-state index is 0.222. The maximum absolute atomic E-state index is 12.9. The van der Waals surface area contributed by atoms with E-state index >= 15 is 0 Å². The predicted molar refractivity (Wildman–Crippen MR) is 63.2 cm³/mol. The first-order chi connectivity index (χ1) is 7.90. The Morgan fingerprint density at radius 1 is 1.29 bits per heavy atom. The molecule has 0 aromatic heterocycles. The lowest BCUT2D eigenvalue weighted by molar-refractivity contribution is -0.137. The van der Waals surface area contributed by atoms with Gasteiger partial charge in [-0.3, -0.25) is 0 Å². The summed E-state index contributed by atoms with van der Waals surface area (Å²) >= 11 is 0. The zero-order valence-electron chi connectivity index (χ0n) is 10.2. The molecule has 96 valence electrons. The summed E-state index contributed by atoms with van der Waals surface area (Å²) < 4.78 is 38.8. The van der Waals surface area contributed by atoms with Crippen LogP contribution in [0.5, 0.6) is 0 Å². The van der Waals surface area contributed by atoms with Crippen molar-refractivity contribution >= 4 is 5.69 Å². The summed E-state index contributed by atoms with van der Waals surface area (Å²) in [6.07, 6.45) is -4.32. The fourth-order valence-corrected chi connectivity index (χ4v) is 1.63. The molecule has 1 N–H and O–H groups in total. The van der Waals surface area contributed by atoms with Crippen molar-refractivity contribution in [3.05, 3.63) is 29.3 Å². The van der Waals surface area contributed by atoms with Gasteiger partial charge in [-0.1, -0.05) is 6.07 Å². The third-order valence-corrected chi connectivity index (χ3v) is 2.63. The molecule has 0 aliphatic heterocycles. The highest BCUT2D eigenvalue weighted by atomic mass is 19.4. The maximum Gasteiger partial charge on any atom is 0.418 e. The summed E-state index contributed by atoms with van der Waals surface area (Å²) in [5, 5.41) is 2.84. The van der Waals surface area contributed by atoms with Gasteiger partial charge in [0.25, 0.3) is 0 Å². The number of nitrogens with one attached hydrogen (secondary N) is 1. The van der Waals surface area contributed by atoms with Crippen molar-refractivity contribution in [2.45, 2.75) is 19.6 Å². The summed E-state index contributed by atoms with van der Waals surface area (Å²) in [7, 11) is 3.36. The first kappa shape index (κ1) is 13.8. The lowest BCUT2D eigenvalue weighted by Crippen LogP contribution is -2.21. The first-order valence-corrected chi connectivity index (χ1v) is 5.46. The van der Waals surface area contributed by atoms with E-state index in [0.29, 0.717) is 18.7 Å². The Labute approximate surface area is 99.4 Å². The number of anilines is 1. The molecule has 0 heterocycles. The molecule has 0 amide bonds. The fourth-order valence-electron chi connectivity index (χ4n) is 1.63. The zero-order valence-corrected chi connectivity index (χ0v) is 10.2. The lowest BCUT2D eigenvalue weighted by Gasteiger charge is -2.22. The summed E-state index contributed by atoms with van der Waals surface area (Å²) in [4.78, 5) is 1.59. The Morgan fingerprint density at radius 2 is 1.94 bits per heavy atom. The van der Waals surface area contributed by atoms with Gasteiger partial charge in [0.15, 0.2) is 0 Å². The van der Waals surface area contributed by atoms with Gasteiger partial charge in [0.1, 0.15) is 0 Å². The molecule has 0 saturated heterocycles. The van der Waals surface area contributed by atoms with Crippen molar-refractivity contribution < 1.29 is 13.2 Å². The first-order valence-electron chi connectivity index (χ1n) is 5.46. The summed E-state index contributed by atoms with van der Waals surface area (Å²) in [5.41, 5.74) is 0.280. The SMILES string of the molecule is CCN(C)c1ccc(CNC)cc1C(F)(F)F. The van der Waals surface area contributed by atoms with Gasteiger partial charge in [-0.2, -0.15) is 13.2 Å². The molecule has 1 aromatic rings. The van der Waals surface area contributed by atoms with Crippen LogP contribution in [-0.4, -0.2) is 20.6 Å². The monoisotopic (exact) mass is 246 g/mol. The summed E-state index contributed by atoms with van der Waals surface area (Å²) in [6, 6.07) is 4.45. The minimum Gasteiger partial charge on any atom is -0.374 e. The Morgan fingerprint density at radius 3 is 2.41 bits per heavy atom. The van der Waals surface area contributed by atoms with E-state index < -0.39 is 11.7 Å². The van der Waals surface area contributed by atoms with Crippen LogP contribution in [0.2, 0.25) is 0 Å². The third kappa shape index (κ3) is 3.36. The van der Waals surface area contributed by atoms with Gasteiger partial charge in [0.2, 0.25) is 0 Å². The molecule has 0 bridgehead atoms. The highest BCUT2D eigenvalue weighted by Gasteiger charge is 2.34. The number of hydrogen-bond acceptors (Lipinski definition) is 2. The second-order valence-electron chi connectivity index (χ2n) is 3.89. The fraction of sp³-hybridized carbons (Fsp3) is 0.500. The van der Waals surface area contributed by atoms with Crippen LogP contribution in [0.3, 0.4) is 0 Å². The van der Waals surface area contributed by atoms with E-state index in [9.17, 15) is 13.2 Å². The van der Waals surface area contributed by atoms with E-state index in [-0.39, 0.29) is 5.69 Å². The molecule has 0 atom stereocenters. The van der Waals surface area contributed by atoms with Crippen molar-refractivity contribution in [1.82, 2.24) is 5.32 Å². The standard InChI is InChI=1S/C12H17F3N2/c1-4-17(3)11-6-5-9(8-16-2)7-10(11)12(13,14)15/h5-7,16H,4,8H2,1-3H3. The molecule has 5 heteroatoms. The van der Waals surface area contributed by atoms with Gasteiger partial charge in [-0.25, -0.2) is 0 Å². The normalized spacial score (nSPS) is 11.6. The number of hydrogen-bond donors (Lipinski definition) is 1. The molecule has 0 saturated carbocycles. The van der Waals surface area contributed by atoms with Crippen LogP contribution in [0.4, 0.5) is 18.9 Å². The van der Waals surface area contributed by atoms with Crippen molar-refractivity contribution in [2.24, 2.45) is 0 Å². The number of alkyl halides is 3. The van der Waals surface area contributed by atoms with E-state index in [0.717, 1.165) is 0 Å². The maximum atomic E-state index is 12.9. The van der Waals surface area contributed by atoms with Crippen LogP contribution < -0.4 is 10.2 Å². The largest absolute Gasteiger partial charge is 0.418 e.